The van der Waals surface area contributed by atoms with E-state index in [1.54, 1.807) is 0 Å². The van der Waals surface area contributed by atoms with Crippen molar-refractivity contribution in [3.63, 3.8) is 0 Å². The molecular formula is C26H33N5S. The van der Waals surface area contributed by atoms with E-state index in [1.165, 1.54) is 17.0 Å². The van der Waals surface area contributed by atoms with Crippen LogP contribution in [0.4, 0.5) is 5.69 Å². The van der Waals surface area contributed by atoms with Crippen LogP contribution >= 0.6 is 12.2 Å². The Hall–Kier alpha value is -2.86. The molecule has 1 aromatic carbocycles. The van der Waals surface area contributed by atoms with Gasteiger partial charge in [0, 0.05) is 42.4 Å². The normalized spacial score (nSPS) is 18.3. The standard InChI is InChI=1S/C26H33N5S/c1-18(2)31-19(3)17-22(20(31)4)25-24(23-13-8-9-14-28-23)29-26(32)30(25)16-10-15-27-21-11-6-5-7-12-21/h5-9,11-14,17-18,24-25,27H,10,15-16H2,1-4H3,(H,29,32). The van der Waals surface area contributed by atoms with Crippen molar-refractivity contribution in [3.8, 4) is 0 Å². The second-order valence-corrected chi connectivity index (χ2v) is 9.14. The number of anilines is 1. The van der Waals surface area contributed by atoms with Crippen LogP contribution < -0.4 is 10.6 Å². The van der Waals surface area contributed by atoms with Gasteiger partial charge in [0.2, 0.25) is 0 Å². The monoisotopic (exact) mass is 447 g/mol. The van der Waals surface area contributed by atoms with Crippen LogP contribution in [0.15, 0.2) is 60.8 Å². The van der Waals surface area contributed by atoms with Crippen LogP contribution in [0.3, 0.4) is 0 Å². The highest BCUT2D eigenvalue weighted by Crippen LogP contribution is 2.41. The molecule has 0 bridgehead atoms. The Kier molecular flexibility index (Phi) is 6.80. The average Bonchev–Trinajstić information content (AvgIpc) is 3.27. The second-order valence-electron chi connectivity index (χ2n) is 8.76. The smallest absolute Gasteiger partial charge is 0.170 e. The molecule has 1 aliphatic rings. The highest BCUT2D eigenvalue weighted by Gasteiger charge is 2.41. The maximum atomic E-state index is 5.83. The van der Waals surface area contributed by atoms with Gasteiger partial charge in [-0.15, -0.1) is 0 Å². The number of nitrogens with zero attached hydrogens (tertiary/aromatic N) is 3. The number of pyridine rings is 1. The molecule has 2 N–H and O–H groups in total. The molecule has 0 spiro atoms. The van der Waals surface area contributed by atoms with Crippen molar-refractivity contribution in [2.45, 2.75) is 52.2 Å². The number of hydrogen-bond donors (Lipinski definition) is 2. The fourth-order valence-electron chi connectivity index (χ4n) is 4.92. The van der Waals surface area contributed by atoms with Gasteiger partial charge in [-0.2, -0.15) is 0 Å². The Morgan fingerprint density at radius 2 is 1.84 bits per heavy atom. The summed E-state index contributed by atoms with van der Waals surface area (Å²) in [6.45, 7) is 10.7. The van der Waals surface area contributed by atoms with Gasteiger partial charge in [0.1, 0.15) is 0 Å². The highest BCUT2D eigenvalue weighted by atomic mass is 32.1. The van der Waals surface area contributed by atoms with Crippen molar-refractivity contribution in [1.29, 1.82) is 0 Å². The molecule has 0 radical (unpaired) electrons. The summed E-state index contributed by atoms with van der Waals surface area (Å²) in [5.41, 5.74) is 6.10. The maximum absolute atomic E-state index is 5.83. The first-order valence-corrected chi connectivity index (χ1v) is 11.8. The molecule has 3 heterocycles. The summed E-state index contributed by atoms with van der Waals surface area (Å²) in [5.74, 6) is 0. The lowest BCUT2D eigenvalue weighted by molar-refractivity contribution is 0.314. The Morgan fingerprint density at radius 3 is 2.50 bits per heavy atom. The van der Waals surface area contributed by atoms with Gasteiger partial charge >= 0.3 is 0 Å². The predicted molar refractivity (Wildman–Crippen MR) is 136 cm³/mol. The number of para-hydroxylation sites is 1. The SMILES string of the molecule is Cc1cc(C2C(c3ccccn3)NC(=S)N2CCCNc2ccccc2)c(C)n1C(C)C. The summed E-state index contributed by atoms with van der Waals surface area (Å²) < 4.78 is 2.42. The van der Waals surface area contributed by atoms with Crippen LogP contribution in [0.1, 0.15) is 61.0 Å². The first-order chi connectivity index (χ1) is 15.5. The molecule has 3 aromatic rings. The van der Waals surface area contributed by atoms with Gasteiger partial charge in [-0.05, 0) is 82.2 Å². The van der Waals surface area contributed by atoms with Gasteiger partial charge in [0.25, 0.3) is 0 Å². The van der Waals surface area contributed by atoms with Crippen LogP contribution in [0.2, 0.25) is 0 Å². The summed E-state index contributed by atoms with van der Waals surface area (Å²) >= 11 is 5.83. The molecule has 6 heteroatoms. The van der Waals surface area contributed by atoms with Crippen LogP contribution in [-0.4, -0.2) is 32.7 Å². The van der Waals surface area contributed by atoms with E-state index in [0.29, 0.717) is 6.04 Å². The molecule has 1 aliphatic heterocycles. The molecule has 0 saturated carbocycles. The number of aryl methyl sites for hydroxylation is 1. The van der Waals surface area contributed by atoms with Crippen LogP contribution in [0, 0.1) is 13.8 Å². The fraction of sp³-hybridized carbons (Fsp3) is 0.385. The number of nitrogens with one attached hydrogen (secondary N) is 2. The molecular weight excluding hydrogens is 414 g/mol. The second kappa shape index (κ2) is 9.74. The summed E-state index contributed by atoms with van der Waals surface area (Å²) in [4.78, 5) is 7.02. The first kappa shape index (κ1) is 22.3. The van der Waals surface area contributed by atoms with E-state index in [4.69, 9.17) is 12.2 Å². The topological polar surface area (TPSA) is 45.1 Å². The Labute approximate surface area is 196 Å². The molecule has 2 unspecified atom stereocenters. The van der Waals surface area contributed by atoms with Gasteiger partial charge in [-0.1, -0.05) is 24.3 Å². The molecule has 1 fully saturated rings. The highest BCUT2D eigenvalue weighted by molar-refractivity contribution is 7.80. The minimum Gasteiger partial charge on any atom is -0.385 e. The quantitative estimate of drug-likeness (QED) is 0.350. The van der Waals surface area contributed by atoms with E-state index in [0.717, 1.165) is 36.0 Å². The van der Waals surface area contributed by atoms with Gasteiger partial charge < -0.3 is 20.1 Å². The zero-order valence-corrected chi connectivity index (χ0v) is 20.2. The molecule has 0 amide bonds. The molecule has 2 atom stereocenters. The predicted octanol–water partition coefficient (Wildman–Crippen LogP) is 5.56. The number of thiocarbonyl (C=S) groups is 1. The van der Waals surface area contributed by atoms with E-state index in [1.807, 2.05) is 24.4 Å². The molecule has 0 aliphatic carbocycles. The summed E-state index contributed by atoms with van der Waals surface area (Å²) in [5, 5.41) is 7.90. The van der Waals surface area contributed by atoms with Crippen LogP contribution in [-0.2, 0) is 0 Å². The zero-order chi connectivity index (χ0) is 22.7. The lowest BCUT2D eigenvalue weighted by Gasteiger charge is -2.28. The molecule has 4 rings (SSSR count). The zero-order valence-electron chi connectivity index (χ0n) is 19.4. The van der Waals surface area contributed by atoms with E-state index in [9.17, 15) is 0 Å². The van der Waals surface area contributed by atoms with Crippen LogP contribution in [0.5, 0.6) is 0 Å². The minimum absolute atomic E-state index is 0.0342. The van der Waals surface area contributed by atoms with Crippen molar-refractivity contribution < 1.29 is 0 Å². The van der Waals surface area contributed by atoms with Crippen molar-refractivity contribution >= 4 is 23.0 Å². The number of rotatable bonds is 8. The number of benzene rings is 1. The largest absolute Gasteiger partial charge is 0.385 e. The minimum atomic E-state index is 0.0342. The Bertz CT molecular complexity index is 1040. The lowest BCUT2D eigenvalue weighted by atomic mass is 9.96. The Morgan fingerprint density at radius 1 is 1.09 bits per heavy atom. The Balaban J connectivity index is 1.59. The summed E-state index contributed by atoms with van der Waals surface area (Å²) in [6.07, 6.45) is 2.85. The third kappa shape index (κ3) is 4.51. The van der Waals surface area contributed by atoms with Crippen molar-refractivity contribution in [2.75, 3.05) is 18.4 Å². The van der Waals surface area contributed by atoms with E-state index in [2.05, 4.69) is 89.2 Å². The van der Waals surface area contributed by atoms with Gasteiger partial charge in [-0.3, -0.25) is 4.98 Å². The van der Waals surface area contributed by atoms with Gasteiger partial charge in [-0.25, -0.2) is 0 Å². The molecule has 32 heavy (non-hydrogen) atoms. The molecule has 168 valence electrons. The van der Waals surface area contributed by atoms with Crippen molar-refractivity contribution in [2.24, 2.45) is 0 Å². The van der Waals surface area contributed by atoms with Gasteiger partial charge in [0.15, 0.2) is 5.11 Å². The number of aromatic nitrogens is 2. The fourth-order valence-corrected chi connectivity index (χ4v) is 5.25. The van der Waals surface area contributed by atoms with E-state index < -0.39 is 0 Å². The van der Waals surface area contributed by atoms with Crippen molar-refractivity contribution in [3.05, 3.63) is 83.4 Å². The maximum Gasteiger partial charge on any atom is 0.170 e. The van der Waals surface area contributed by atoms with E-state index in [-0.39, 0.29) is 12.1 Å². The van der Waals surface area contributed by atoms with Crippen molar-refractivity contribution in [1.82, 2.24) is 19.8 Å². The third-order valence-electron chi connectivity index (χ3n) is 6.24. The molecule has 2 aromatic heterocycles. The lowest BCUT2D eigenvalue weighted by Crippen LogP contribution is -2.31. The third-order valence-corrected chi connectivity index (χ3v) is 6.59. The molecule has 5 nitrogen and oxygen atoms in total. The summed E-state index contributed by atoms with van der Waals surface area (Å²) in [6, 6.07) is 19.4. The van der Waals surface area contributed by atoms with Crippen LogP contribution in [0.25, 0.3) is 0 Å². The number of hydrogen-bond acceptors (Lipinski definition) is 3. The average molecular weight is 448 g/mol. The van der Waals surface area contributed by atoms with E-state index >= 15 is 0 Å². The molecule has 1 saturated heterocycles. The summed E-state index contributed by atoms with van der Waals surface area (Å²) in [7, 11) is 0. The first-order valence-electron chi connectivity index (χ1n) is 11.4. The van der Waals surface area contributed by atoms with Gasteiger partial charge in [0.05, 0.1) is 17.8 Å².